The number of rotatable bonds is 1. The van der Waals surface area contributed by atoms with Crippen molar-refractivity contribution < 1.29 is 4.79 Å². The Morgan fingerprint density at radius 2 is 2.00 bits per heavy atom. The number of carbonyl (C=O) groups is 1. The summed E-state index contributed by atoms with van der Waals surface area (Å²) >= 11 is 0. The summed E-state index contributed by atoms with van der Waals surface area (Å²) in [4.78, 5) is 14.1. The average molecular weight is 243 g/mol. The molecule has 4 heteroatoms. The minimum Gasteiger partial charge on any atom is -0.308 e. The second kappa shape index (κ2) is 5.19. The lowest BCUT2D eigenvalue weighted by molar-refractivity contribution is -0.120. The molecule has 2 rings (SSSR count). The Bertz CT molecular complexity index is 475. The van der Waals surface area contributed by atoms with Crippen molar-refractivity contribution in [2.75, 3.05) is 11.4 Å². The molecule has 1 aromatic carbocycles. The van der Waals surface area contributed by atoms with Gasteiger partial charge in [-0.25, -0.2) is 0 Å². The second-order valence-corrected chi connectivity index (χ2v) is 4.68. The molecule has 0 aliphatic carbocycles. The van der Waals surface area contributed by atoms with Crippen LogP contribution in [0.25, 0.3) is 0 Å². The van der Waals surface area contributed by atoms with Crippen LogP contribution in [0.2, 0.25) is 0 Å². The van der Waals surface area contributed by atoms with Gasteiger partial charge in [0.25, 0.3) is 0 Å². The monoisotopic (exact) mass is 243 g/mol. The second-order valence-electron chi connectivity index (χ2n) is 4.68. The van der Waals surface area contributed by atoms with Crippen LogP contribution in [0, 0.1) is 11.3 Å². The molecule has 0 spiro atoms. The van der Waals surface area contributed by atoms with Crippen molar-refractivity contribution in [3.05, 3.63) is 29.8 Å². The third-order valence-electron chi connectivity index (χ3n) is 3.34. The predicted octanol–water partition coefficient (Wildman–Crippen LogP) is 1.66. The highest BCUT2D eigenvalue weighted by atomic mass is 16.2. The van der Waals surface area contributed by atoms with Crippen molar-refractivity contribution in [2.24, 2.45) is 0 Å². The number of anilines is 1. The number of nitriles is 1. The van der Waals surface area contributed by atoms with Crippen LogP contribution >= 0.6 is 0 Å². The molecule has 1 aliphatic rings. The van der Waals surface area contributed by atoms with Gasteiger partial charge in [0.05, 0.1) is 17.7 Å². The quantitative estimate of drug-likeness (QED) is 0.816. The van der Waals surface area contributed by atoms with Gasteiger partial charge in [-0.15, -0.1) is 0 Å². The van der Waals surface area contributed by atoms with Crippen molar-refractivity contribution in [3.63, 3.8) is 0 Å². The lowest BCUT2D eigenvalue weighted by atomic mass is 10.1. The van der Waals surface area contributed by atoms with Gasteiger partial charge in [-0.1, -0.05) is 0 Å². The fourth-order valence-electron chi connectivity index (χ4n) is 2.23. The fourth-order valence-corrected chi connectivity index (χ4v) is 2.23. The van der Waals surface area contributed by atoms with Gasteiger partial charge in [0.1, 0.15) is 0 Å². The Balaban J connectivity index is 2.32. The van der Waals surface area contributed by atoms with E-state index < -0.39 is 0 Å². The lowest BCUT2D eigenvalue weighted by Crippen LogP contribution is -2.44. The molecule has 2 atom stereocenters. The highest BCUT2D eigenvalue weighted by molar-refractivity contribution is 5.97. The Hall–Kier alpha value is -1.86. The van der Waals surface area contributed by atoms with E-state index in [1.54, 1.807) is 12.1 Å². The van der Waals surface area contributed by atoms with Crippen LogP contribution in [0.5, 0.6) is 0 Å². The van der Waals surface area contributed by atoms with Gasteiger partial charge in [0.15, 0.2) is 0 Å². The molecule has 1 N–H and O–H groups in total. The maximum atomic E-state index is 12.3. The number of nitrogens with one attached hydrogen (secondary N) is 1. The molecule has 1 aromatic rings. The van der Waals surface area contributed by atoms with Crippen LogP contribution in [0.1, 0.15) is 25.8 Å². The highest BCUT2D eigenvalue weighted by Gasteiger charge is 2.28. The van der Waals surface area contributed by atoms with E-state index in [1.807, 2.05) is 24.0 Å². The number of amides is 1. The molecule has 0 radical (unpaired) electrons. The Kier molecular flexibility index (Phi) is 3.63. The van der Waals surface area contributed by atoms with Gasteiger partial charge in [-0.2, -0.15) is 5.26 Å². The first-order valence-electron chi connectivity index (χ1n) is 6.20. The zero-order chi connectivity index (χ0) is 13.1. The summed E-state index contributed by atoms with van der Waals surface area (Å²) in [6.07, 6.45) is 0.927. The average Bonchev–Trinajstić information content (AvgIpc) is 2.50. The van der Waals surface area contributed by atoms with Crippen LogP contribution in [-0.4, -0.2) is 24.5 Å². The number of nitrogens with zero attached hydrogens (tertiary/aromatic N) is 2. The predicted molar refractivity (Wildman–Crippen MR) is 70.2 cm³/mol. The summed E-state index contributed by atoms with van der Waals surface area (Å²) < 4.78 is 0. The van der Waals surface area contributed by atoms with Crippen LogP contribution in [0.15, 0.2) is 24.3 Å². The van der Waals surface area contributed by atoms with Gasteiger partial charge >= 0.3 is 0 Å². The summed E-state index contributed by atoms with van der Waals surface area (Å²) in [6, 6.07) is 9.27. The van der Waals surface area contributed by atoms with Crippen LogP contribution < -0.4 is 10.2 Å². The summed E-state index contributed by atoms with van der Waals surface area (Å²) in [5.74, 6) is 0.0877. The van der Waals surface area contributed by atoms with Crippen molar-refractivity contribution >= 4 is 11.6 Å². The third-order valence-corrected chi connectivity index (χ3v) is 3.34. The molecule has 0 saturated carbocycles. The molecule has 1 heterocycles. The highest BCUT2D eigenvalue weighted by Crippen LogP contribution is 2.22. The summed E-state index contributed by atoms with van der Waals surface area (Å²) in [6.45, 7) is 4.79. The minimum atomic E-state index is -0.161. The molecular weight excluding hydrogens is 226 g/mol. The Labute approximate surface area is 107 Å². The third kappa shape index (κ3) is 2.36. The standard InChI is InChI=1S/C14H17N3O/c1-10-7-8-16-11(2)14(18)17(10)13-5-3-12(9-15)4-6-13/h3-6,10-11,16H,7-8H2,1-2H3. The molecule has 18 heavy (non-hydrogen) atoms. The lowest BCUT2D eigenvalue weighted by Gasteiger charge is -2.28. The normalized spacial score (nSPS) is 24.5. The van der Waals surface area contributed by atoms with E-state index in [0.29, 0.717) is 5.56 Å². The molecule has 1 amide bonds. The number of carbonyl (C=O) groups excluding carboxylic acids is 1. The summed E-state index contributed by atoms with van der Waals surface area (Å²) in [7, 11) is 0. The molecule has 1 aliphatic heterocycles. The fraction of sp³-hybridized carbons (Fsp3) is 0.429. The van der Waals surface area contributed by atoms with Gasteiger partial charge in [0, 0.05) is 11.7 Å². The largest absolute Gasteiger partial charge is 0.308 e. The zero-order valence-corrected chi connectivity index (χ0v) is 10.7. The van der Waals surface area contributed by atoms with Crippen molar-refractivity contribution in [1.82, 2.24) is 5.32 Å². The molecule has 1 saturated heterocycles. The van der Waals surface area contributed by atoms with Gasteiger partial charge in [-0.3, -0.25) is 4.79 Å². The molecule has 0 aromatic heterocycles. The van der Waals surface area contributed by atoms with E-state index in [4.69, 9.17) is 5.26 Å². The first-order valence-corrected chi connectivity index (χ1v) is 6.20. The Morgan fingerprint density at radius 1 is 1.33 bits per heavy atom. The first kappa shape index (κ1) is 12.6. The van der Waals surface area contributed by atoms with E-state index in [0.717, 1.165) is 18.7 Å². The van der Waals surface area contributed by atoms with Crippen molar-refractivity contribution in [2.45, 2.75) is 32.4 Å². The van der Waals surface area contributed by atoms with E-state index in [-0.39, 0.29) is 18.0 Å². The van der Waals surface area contributed by atoms with E-state index in [1.165, 1.54) is 0 Å². The molecule has 2 unspecified atom stereocenters. The number of hydrogen-bond acceptors (Lipinski definition) is 3. The van der Waals surface area contributed by atoms with Gasteiger partial charge < -0.3 is 10.2 Å². The van der Waals surface area contributed by atoms with E-state index >= 15 is 0 Å². The summed E-state index contributed by atoms with van der Waals surface area (Å²) in [5, 5.41) is 12.0. The zero-order valence-electron chi connectivity index (χ0n) is 10.7. The van der Waals surface area contributed by atoms with Crippen LogP contribution in [0.4, 0.5) is 5.69 Å². The van der Waals surface area contributed by atoms with E-state index in [2.05, 4.69) is 18.3 Å². The maximum Gasteiger partial charge on any atom is 0.244 e. The van der Waals surface area contributed by atoms with E-state index in [9.17, 15) is 4.79 Å². The summed E-state index contributed by atoms with van der Waals surface area (Å²) in [5.41, 5.74) is 1.47. The smallest absolute Gasteiger partial charge is 0.244 e. The number of hydrogen-bond donors (Lipinski definition) is 1. The first-order chi connectivity index (χ1) is 8.63. The Morgan fingerprint density at radius 3 is 2.61 bits per heavy atom. The SMILES string of the molecule is CC1NCCC(C)N(c2ccc(C#N)cc2)C1=O. The van der Waals surface area contributed by atoms with Gasteiger partial charge in [0.2, 0.25) is 5.91 Å². The van der Waals surface area contributed by atoms with Crippen molar-refractivity contribution in [3.8, 4) is 6.07 Å². The maximum absolute atomic E-state index is 12.3. The minimum absolute atomic E-state index is 0.0877. The van der Waals surface area contributed by atoms with Crippen LogP contribution in [-0.2, 0) is 4.79 Å². The number of benzene rings is 1. The molecule has 4 nitrogen and oxygen atoms in total. The van der Waals surface area contributed by atoms with Crippen molar-refractivity contribution in [1.29, 1.82) is 5.26 Å². The molecule has 1 fully saturated rings. The van der Waals surface area contributed by atoms with Crippen LogP contribution in [0.3, 0.4) is 0 Å². The molecular formula is C14H17N3O. The van der Waals surface area contributed by atoms with Gasteiger partial charge in [-0.05, 0) is 51.1 Å². The topological polar surface area (TPSA) is 56.1 Å². The molecule has 94 valence electrons. The molecule has 0 bridgehead atoms.